The van der Waals surface area contributed by atoms with Crippen LogP contribution in [0.3, 0.4) is 0 Å². The van der Waals surface area contributed by atoms with Crippen LogP contribution < -0.4 is 11.1 Å². The first-order chi connectivity index (χ1) is 13.5. The van der Waals surface area contributed by atoms with Gasteiger partial charge in [-0.15, -0.1) is 10.2 Å². The fraction of sp³-hybridized carbons (Fsp3) is 0.0526. The zero-order chi connectivity index (χ0) is 19.8. The molecule has 0 bridgehead atoms. The molecule has 0 saturated carbocycles. The van der Waals surface area contributed by atoms with Crippen molar-refractivity contribution in [3.63, 3.8) is 0 Å². The number of nitrogens with one attached hydrogen (secondary N) is 2. The minimum Gasteiger partial charge on any atom is -0.506 e. The van der Waals surface area contributed by atoms with Gasteiger partial charge in [0.1, 0.15) is 22.7 Å². The summed E-state index contributed by atoms with van der Waals surface area (Å²) in [5, 5.41) is 24.5. The van der Waals surface area contributed by atoms with Crippen LogP contribution in [0.1, 0.15) is 0 Å². The monoisotopic (exact) mass is 395 g/mol. The van der Waals surface area contributed by atoms with Crippen molar-refractivity contribution in [2.45, 2.75) is 0 Å². The highest BCUT2D eigenvalue weighted by molar-refractivity contribution is 6.32. The van der Waals surface area contributed by atoms with Gasteiger partial charge in [0.15, 0.2) is 5.69 Å². The van der Waals surface area contributed by atoms with Gasteiger partial charge in [-0.3, -0.25) is 19.8 Å². The summed E-state index contributed by atoms with van der Waals surface area (Å²) in [6.07, 6.45) is 0. The number of nitrogens with zero attached hydrogens (tertiary/aromatic N) is 3. The molecule has 0 fully saturated rings. The standard InChI is InChI=1S/C19H14ClN5O3/c1-25-13-9-5-2-6-10(13)17(26)14(19(25)28)15-16(18(27)24-22-15)23-21-12-8-4-3-7-11(12)20/h2-9,26H,1H3,(H2,22,24,27). The Bertz CT molecular complexity index is 1350. The summed E-state index contributed by atoms with van der Waals surface area (Å²) >= 11 is 6.06. The highest BCUT2D eigenvalue weighted by Crippen LogP contribution is 2.35. The predicted octanol–water partition coefficient (Wildman–Crippen LogP) is 4.00. The molecule has 0 spiro atoms. The van der Waals surface area contributed by atoms with Crippen LogP contribution >= 0.6 is 11.6 Å². The van der Waals surface area contributed by atoms with Crippen LogP contribution in [0.25, 0.3) is 22.2 Å². The van der Waals surface area contributed by atoms with Crippen LogP contribution in [0, 0.1) is 0 Å². The van der Waals surface area contributed by atoms with Crippen molar-refractivity contribution in [1.29, 1.82) is 0 Å². The smallest absolute Gasteiger partial charge is 0.292 e. The molecule has 8 nitrogen and oxygen atoms in total. The fourth-order valence-electron chi connectivity index (χ4n) is 2.97. The van der Waals surface area contributed by atoms with E-state index in [0.717, 1.165) is 0 Å². The average molecular weight is 396 g/mol. The molecule has 0 aliphatic heterocycles. The van der Waals surface area contributed by atoms with Crippen LogP contribution in [0.15, 0.2) is 68.3 Å². The zero-order valence-corrected chi connectivity index (χ0v) is 15.4. The van der Waals surface area contributed by atoms with Gasteiger partial charge in [0.05, 0.1) is 10.5 Å². The van der Waals surface area contributed by atoms with E-state index in [2.05, 4.69) is 20.4 Å². The number of H-pyrrole nitrogens is 2. The second kappa shape index (κ2) is 6.82. The molecule has 0 aliphatic carbocycles. The molecule has 28 heavy (non-hydrogen) atoms. The number of aromatic nitrogens is 3. The highest BCUT2D eigenvalue weighted by Gasteiger charge is 2.22. The number of hydrogen-bond donors (Lipinski definition) is 3. The Hall–Kier alpha value is -3.65. The van der Waals surface area contributed by atoms with Gasteiger partial charge in [0, 0.05) is 12.4 Å². The minimum absolute atomic E-state index is 0.0460. The number of rotatable bonds is 3. The molecule has 4 rings (SSSR count). The maximum absolute atomic E-state index is 12.9. The van der Waals surface area contributed by atoms with E-state index in [1.54, 1.807) is 55.6 Å². The van der Waals surface area contributed by atoms with Gasteiger partial charge in [-0.1, -0.05) is 35.9 Å². The molecule has 0 unspecified atom stereocenters. The van der Waals surface area contributed by atoms with Crippen molar-refractivity contribution >= 4 is 33.9 Å². The molecule has 2 aromatic carbocycles. The molecule has 2 aromatic heterocycles. The average Bonchev–Trinajstić information content (AvgIpc) is 3.06. The number of hydrogen-bond acceptors (Lipinski definition) is 5. The Balaban J connectivity index is 1.95. The van der Waals surface area contributed by atoms with Gasteiger partial charge in [-0.05, 0) is 24.3 Å². The first-order valence-corrected chi connectivity index (χ1v) is 8.65. The molecular formula is C19H14ClN5O3. The topological polar surface area (TPSA) is 116 Å². The third-order valence-electron chi connectivity index (χ3n) is 4.39. The number of aromatic amines is 2. The normalized spacial score (nSPS) is 11.5. The SMILES string of the molecule is Cn1c(=O)c(-c2[nH][nH]c(=O)c2N=Nc2ccccc2Cl)c(O)c2ccccc21. The van der Waals surface area contributed by atoms with E-state index in [1.165, 1.54) is 4.57 Å². The van der Waals surface area contributed by atoms with E-state index in [1.807, 2.05) is 0 Å². The molecule has 0 atom stereocenters. The molecule has 3 N–H and O–H groups in total. The Labute approximate surface area is 162 Å². The van der Waals surface area contributed by atoms with Crippen LogP contribution in [0.5, 0.6) is 5.75 Å². The number of benzene rings is 2. The van der Waals surface area contributed by atoms with Crippen LogP contribution in [-0.2, 0) is 7.05 Å². The first kappa shape index (κ1) is 17.7. The van der Waals surface area contributed by atoms with Crippen LogP contribution in [0.4, 0.5) is 11.4 Å². The van der Waals surface area contributed by atoms with Crippen molar-refractivity contribution in [2.24, 2.45) is 17.3 Å². The maximum Gasteiger partial charge on any atom is 0.292 e. The van der Waals surface area contributed by atoms with E-state index in [-0.39, 0.29) is 22.7 Å². The van der Waals surface area contributed by atoms with Gasteiger partial charge >= 0.3 is 0 Å². The second-order valence-corrected chi connectivity index (χ2v) is 6.47. The van der Waals surface area contributed by atoms with Crippen molar-refractivity contribution in [3.8, 4) is 17.0 Å². The Morgan fingerprint density at radius 1 is 1.00 bits per heavy atom. The predicted molar refractivity (Wildman–Crippen MR) is 107 cm³/mol. The van der Waals surface area contributed by atoms with Crippen molar-refractivity contribution < 1.29 is 5.11 Å². The molecule has 9 heteroatoms. The summed E-state index contributed by atoms with van der Waals surface area (Å²) in [5.74, 6) is -0.247. The third-order valence-corrected chi connectivity index (χ3v) is 4.71. The number of aromatic hydroxyl groups is 1. The Morgan fingerprint density at radius 3 is 2.50 bits per heavy atom. The molecular weight excluding hydrogens is 382 g/mol. The highest BCUT2D eigenvalue weighted by atomic mass is 35.5. The first-order valence-electron chi connectivity index (χ1n) is 8.27. The molecule has 0 saturated heterocycles. The van der Waals surface area contributed by atoms with E-state index < -0.39 is 11.1 Å². The number of azo groups is 1. The second-order valence-electron chi connectivity index (χ2n) is 6.06. The molecule has 0 aliphatic rings. The fourth-order valence-corrected chi connectivity index (χ4v) is 3.14. The maximum atomic E-state index is 12.9. The zero-order valence-electron chi connectivity index (χ0n) is 14.6. The Morgan fingerprint density at radius 2 is 1.71 bits per heavy atom. The van der Waals surface area contributed by atoms with Gasteiger partial charge in [0.2, 0.25) is 0 Å². The number of fused-ring (bicyclic) bond motifs is 1. The molecule has 0 amide bonds. The van der Waals surface area contributed by atoms with E-state index in [0.29, 0.717) is 21.6 Å². The lowest BCUT2D eigenvalue weighted by Gasteiger charge is -2.10. The summed E-state index contributed by atoms with van der Waals surface area (Å²) < 4.78 is 1.39. The van der Waals surface area contributed by atoms with Crippen molar-refractivity contribution in [1.82, 2.24) is 14.8 Å². The lowest BCUT2D eigenvalue weighted by Crippen LogP contribution is -2.19. The van der Waals surface area contributed by atoms with Crippen LogP contribution in [-0.4, -0.2) is 19.9 Å². The largest absolute Gasteiger partial charge is 0.506 e. The molecule has 4 aromatic rings. The van der Waals surface area contributed by atoms with Crippen LogP contribution in [0.2, 0.25) is 5.02 Å². The lowest BCUT2D eigenvalue weighted by molar-refractivity contribution is 0.481. The van der Waals surface area contributed by atoms with E-state index in [4.69, 9.17) is 11.6 Å². The van der Waals surface area contributed by atoms with Crippen molar-refractivity contribution in [2.75, 3.05) is 0 Å². The van der Waals surface area contributed by atoms with E-state index in [9.17, 15) is 14.7 Å². The summed E-state index contributed by atoms with van der Waals surface area (Å²) in [6.45, 7) is 0. The summed E-state index contributed by atoms with van der Waals surface area (Å²) in [7, 11) is 1.59. The summed E-state index contributed by atoms with van der Waals surface area (Å²) in [6, 6.07) is 13.7. The quantitative estimate of drug-likeness (QED) is 0.455. The number of halogens is 1. The lowest BCUT2D eigenvalue weighted by atomic mass is 10.1. The summed E-state index contributed by atoms with van der Waals surface area (Å²) in [4.78, 5) is 25.1. The summed E-state index contributed by atoms with van der Waals surface area (Å²) in [5.41, 5.74) is -0.307. The van der Waals surface area contributed by atoms with E-state index >= 15 is 0 Å². The number of pyridine rings is 1. The van der Waals surface area contributed by atoms with Gasteiger partial charge < -0.3 is 9.67 Å². The Kier molecular flexibility index (Phi) is 4.32. The third kappa shape index (κ3) is 2.80. The molecule has 0 radical (unpaired) electrons. The molecule has 2 heterocycles. The van der Waals surface area contributed by atoms with Crippen molar-refractivity contribution in [3.05, 3.63) is 74.3 Å². The van der Waals surface area contributed by atoms with Gasteiger partial charge in [-0.2, -0.15) is 0 Å². The number of aryl methyl sites for hydroxylation is 1. The van der Waals surface area contributed by atoms with Gasteiger partial charge in [-0.25, -0.2) is 0 Å². The van der Waals surface area contributed by atoms with Gasteiger partial charge in [0.25, 0.3) is 11.1 Å². The number of para-hydroxylation sites is 1. The molecule has 140 valence electrons. The minimum atomic E-state index is -0.583.